The minimum Gasteiger partial charge on any atom is -0.463 e. The summed E-state index contributed by atoms with van der Waals surface area (Å²) in [5, 5.41) is 2.28. The van der Waals surface area contributed by atoms with Crippen LogP contribution in [0.5, 0.6) is 0 Å². The van der Waals surface area contributed by atoms with E-state index in [9.17, 15) is 9.59 Å². The summed E-state index contributed by atoms with van der Waals surface area (Å²) in [6, 6.07) is 22.3. The van der Waals surface area contributed by atoms with Gasteiger partial charge >= 0.3 is 5.97 Å². The molecule has 1 aliphatic heterocycles. The Balaban J connectivity index is 1.52. The normalized spacial score (nSPS) is 15.2. The van der Waals surface area contributed by atoms with Crippen molar-refractivity contribution in [1.29, 1.82) is 0 Å². The summed E-state index contributed by atoms with van der Waals surface area (Å²) in [6.07, 6.45) is 3.94. The molecule has 0 aliphatic carbocycles. The lowest BCUT2D eigenvalue weighted by atomic mass is 9.96. The maximum atomic E-state index is 14.0. The third kappa shape index (κ3) is 5.05. The average molecular weight is 603 g/mol. The Bertz CT molecular complexity index is 2020. The number of hydrogen-bond donors (Lipinski definition) is 0. The summed E-state index contributed by atoms with van der Waals surface area (Å²) >= 11 is 13.9. The molecule has 0 N–H and O–H groups in total. The minimum absolute atomic E-state index is 0.214. The number of fused-ring (bicyclic) bond motifs is 2. The first-order valence-electron chi connectivity index (χ1n) is 13.1. The first kappa shape index (κ1) is 27.3. The van der Waals surface area contributed by atoms with Crippen molar-refractivity contribution in [2.24, 2.45) is 4.99 Å². The van der Waals surface area contributed by atoms with Gasteiger partial charge in [-0.2, -0.15) is 0 Å². The summed E-state index contributed by atoms with van der Waals surface area (Å²) in [7, 11) is 0. The van der Waals surface area contributed by atoms with E-state index in [0.29, 0.717) is 37.2 Å². The molecule has 5 aromatic rings. The predicted molar refractivity (Wildman–Crippen MR) is 164 cm³/mol. The highest BCUT2D eigenvalue weighted by Gasteiger charge is 2.33. The van der Waals surface area contributed by atoms with Gasteiger partial charge in [-0.15, -0.1) is 0 Å². The number of thiazole rings is 1. The molecule has 2 aromatic heterocycles. The standard InChI is InChI=1S/C32H25Cl2N3O3S/c1-3-40-31(39)28-19(2)35-32-37(29(28)20-12-14-23(33)15-13-20)30(38)27(41-32)16-22-18-36(26-11-7-5-9-24(22)26)17-21-8-4-6-10-25(21)34/h4-16,18,29H,3,17H2,1-2H3/b27-16-/t29-/m1/s1. The zero-order valence-electron chi connectivity index (χ0n) is 22.3. The van der Waals surface area contributed by atoms with Gasteiger partial charge in [0.05, 0.1) is 28.5 Å². The van der Waals surface area contributed by atoms with Gasteiger partial charge in [0.15, 0.2) is 4.80 Å². The summed E-state index contributed by atoms with van der Waals surface area (Å²) < 4.78 is 9.62. The summed E-state index contributed by atoms with van der Waals surface area (Å²) in [5.41, 5.74) is 4.32. The first-order chi connectivity index (χ1) is 19.9. The van der Waals surface area contributed by atoms with Gasteiger partial charge in [0.2, 0.25) is 0 Å². The molecule has 6 rings (SSSR count). The zero-order valence-corrected chi connectivity index (χ0v) is 24.6. The number of carbonyl (C=O) groups excluding carboxylic acids is 1. The van der Waals surface area contributed by atoms with Gasteiger partial charge in [-0.05, 0) is 55.3 Å². The number of esters is 1. The maximum Gasteiger partial charge on any atom is 0.338 e. The Morgan fingerprint density at radius 1 is 1.05 bits per heavy atom. The molecule has 3 heterocycles. The number of benzene rings is 3. The number of hydrogen-bond acceptors (Lipinski definition) is 5. The molecule has 6 nitrogen and oxygen atoms in total. The van der Waals surface area contributed by atoms with Crippen LogP contribution in [-0.4, -0.2) is 21.7 Å². The van der Waals surface area contributed by atoms with Crippen molar-refractivity contribution in [2.45, 2.75) is 26.4 Å². The quantitative estimate of drug-likeness (QED) is 0.221. The zero-order chi connectivity index (χ0) is 28.7. The van der Waals surface area contributed by atoms with Crippen LogP contribution in [0.1, 0.15) is 36.6 Å². The number of carbonyl (C=O) groups is 1. The van der Waals surface area contributed by atoms with E-state index in [0.717, 1.165) is 27.6 Å². The molecule has 0 radical (unpaired) electrons. The second-order valence-corrected chi connectivity index (χ2v) is 11.5. The van der Waals surface area contributed by atoms with Crippen LogP contribution >= 0.6 is 34.5 Å². The Labute approximate surface area is 250 Å². The van der Waals surface area contributed by atoms with E-state index in [2.05, 4.69) is 15.6 Å². The van der Waals surface area contributed by atoms with E-state index < -0.39 is 12.0 Å². The molecule has 206 valence electrons. The maximum absolute atomic E-state index is 14.0. The fraction of sp³-hybridized carbons (Fsp3) is 0.156. The minimum atomic E-state index is -0.689. The number of rotatable bonds is 6. The molecule has 9 heteroatoms. The van der Waals surface area contributed by atoms with Crippen molar-refractivity contribution >= 4 is 57.5 Å². The van der Waals surface area contributed by atoms with Crippen molar-refractivity contribution < 1.29 is 9.53 Å². The summed E-state index contributed by atoms with van der Waals surface area (Å²) in [6.45, 7) is 4.33. The van der Waals surface area contributed by atoms with Crippen molar-refractivity contribution in [3.05, 3.63) is 137 Å². The number of para-hydroxylation sites is 1. The van der Waals surface area contributed by atoms with Crippen molar-refractivity contribution in [1.82, 2.24) is 9.13 Å². The molecule has 1 aliphatic rings. The van der Waals surface area contributed by atoms with E-state index >= 15 is 0 Å². The van der Waals surface area contributed by atoms with Crippen LogP contribution in [0.4, 0.5) is 0 Å². The average Bonchev–Trinajstić information content (AvgIpc) is 3.46. The van der Waals surface area contributed by atoms with E-state index in [-0.39, 0.29) is 12.2 Å². The van der Waals surface area contributed by atoms with Crippen LogP contribution < -0.4 is 14.9 Å². The molecule has 0 spiro atoms. The molecule has 1 atom stereocenters. The van der Waals surface area contributed by atoms with Crippen molar-refractivity contribution in [2.75, 3.05) is 6.61 Å². The number of ether oxygens (including phenoxy) is 1. The molecule has 41 heavy (non-hydrogen) atoms. The van der Waals surface area contributed by atoms with Crippen LogP contribution in [0.3, 0.4) is 0 Å². The number of nitrogens with zero attached hydrogens (tertiary/aromatic N) is 3. The number of allylic oxidation sites excluding steroid dienone is 1. The largest absolute Gasteiger partial charge is 0.463 e. The number of halogens is 2. The van der Waals surface area contributed by atoms with Crippen LogP contribution in [0, 0.1) is 0 Å². The highest BCUT2D eigenvalue weighted by molar-refractivity contribution is 7.07. The van der Waals surface area contributed by atoms with E-state index in [4.69, 9.17) is 27.9 Å². The summed E-state index contributed by atoms with van der Waals surface area (Å²) in [5.74, 6) is -0.495. The first-order valence-corrected chi connectivity index (χ1v) is 14.7. The second-order valence-electron chi connectivity index (χ2n) is 9.67. The van der Waals surface area contributed by atoms with Crippen molar-refractivity contribution in [3.63, 3.8) is 0 Å². The molecule has 0 amide bonds. The second kappa shape index (κ2) is 11.2. The molecule has 0 fully saturated rings. The molecule has 0 bridgehead atoms. The third-order valence-corrected chi connectivity index (χ3v) is 8.71. The topological polar surface area (TPSA) is 65.6 Å². The predicted octanol–water partition coefficient (Wildman–Crippen LogP) is 6.11. The van der Waals surface area contributed by atoms with Gasteiger partial charge in [-0.1, -0.05) is 83.1 Å². The molecular weight excluding hydrogens is 577 g/mol. The Morgan fingerprint density at radius 3 is 2.54 bits per heavy atom. The van der Waals surface area contributed by atoms with E-state index in [1.165, 1.54) is 11.3 Å². The van der Waals surface area contributed by atoms with E-state index in [1.807, 2.05) is 66.9 Å². The summed E-state index contributed by atoms with van der Waals surface area (Å²) in [4.78, 5) is 32.3. The highest BCUT2D eigenvalue weighted by atomic mass is 35.5. The van der Waals surface area contributed by atoms with Crippen LogP contribution in [0.25, 0.3) is 17.0 Å². The molecule has 0 unspecified atom stereocenters. The van der Waals surface area contributed by atoms with E-state index in [1.54, 1.807) is 30.5 Å². The Hall–Kier alpha value is -3.91. The van der Waals surface area contributed by atoms with Crippen LogP contribution in [0.2, 0.25) is 10.0 Å². The smallest absolute Gasteiger partial charge is 0.338 e. The monoisotopic (exact) mass is 601 g/mol. The molecule has 3 aromatic carbocycles. The lowest BCUT2D eigenvalue weighted by Gasteiger charge is -2.24. The van der Waals surface area contributed by atoms with Gasteiger partial charge in [0.25, 0.3) is 5.56 Å². The third-order valence-electron chi connectivity index (χ3n) is 7.11. The fourth-order valence-electron chi connectivity index (χ4n) is 5.22. The van der Waals surface area contributed by atoms with Gasteiger partial charge in [-0.25, -0.2) is 9.79 Å². The highest BCUT2D eigenvalue weighted by Crippen LogP contribution is 2.31. The molecular formula is C32H25Cl2N3O3S. The lowest BCUT2D eigenvalue weighted by Crippen LogP contribution is -2.39. The Morgan fingerprint density at radius 2 is 1.78 bits per heavy atom. The fourth-order valence-corrected chi connectivity index (χ4v) is 6.58. The SMILES string of the molecule is CCOC(=O)C1=C(C)N=c2s/c(=C\c3cn(Cc4ccccc4Cl)c4ccccc34)c(=O)n2[C@@H]1c1ccc(Cl)cc1. The van der Waals surface area contributed by atoms with Crippen LogP contribution in [0.15, 0.2) is 100 Å². The van der Waals surface area contributed by atoms with Gasteiger partial charge in [-0.3, -0.25) is 9.36 Å². The Kier molecular flexibility index (Phi) is 7.43. The van der Waals surface area contributed by atoms with Crippen molar-refractivity contribution in [3.8, 4) is 0 Å². The molecule has 0 saturated carbocycles. The van der Waals surface area contributed by atoms with Gasteiger partial charge in [0.1, 0.15) is 0 Å². The van der Waals surface area contributed by atoms with Gasteiger partial charge < -0.3 is 9.30 Å². The van der Waals surface area contributed by atoms with Crippen LogP contribution in [-0.2, 0) is 16.1 Å². The molecule has 0 saturated heterocycles. The number of aromatic nitrogens is 2. The van der Waals surface area contributed by atoms with Gasteiger partial charge in [0, 0.05) is 39.3 Å². The lowest BCUT2D eigenvalue weighted by molar-refractivity contribution is -0.139.